The van der Waals surface area contributed by atoms with Gasteiger partial charge in [0.25, 0.3) is 0 Å². The van der Waals surface area contributed by atoms with Gasteiger partial charge < -0.3 is 9.88 Å². The number of aromatic nitrogens is 1. The third-order valence-corrected chi connectivity index (χ3v) is 16.1. The molecule has 1 aliphatic heterocycles. The van der Waals surface area contributed by atoms with Crippen LogP contribution in [0.4, 0.5) is 11.4 Å². The largest absolute Gasteiger partial charge is 0.355 e. The van der Waals surface area contributed by atoms with Crippen molar-refractivity contribution in [1.82, 2.24) is 4.57 Å². The Kier molecular flexibility index (Phi) is 7.13. The molecule has 298 valence electrons. The van der Waals surface area contributed by atoms with E-state index < -0.39 is 0 Å². The van der Waals surface area contributed by atoms with Crippen molar-refractivity contribution in [3.63, 3.8) is 0 Å². The minimum absolute atomic E-state index is 0.0870. The zero-order valence-electron chi connectivity index (χ0n) is 36.4. The molecule has 8 aromatic carbocycles. The Balaban J connectivity index is 1.11. The molecule has 10 aromatic rings. The van der Waals surface area contributed by atoms with Gasteiger partial charge in [-0.15, -0.1) is 11.3 Å². The summed E-state index contributed by atoms with van der Waals surface area (Å²) in [4.78, 5) is 0. The van der Waals surface area contributed by atoms with Crippen molar-refractivity contribution >= 4 is 82.9 Å². The Labute approximate surface area is 368 Å². The van der Waals surface area contributed by atoms with Crippen LogP contribution in [-0.2, 0) is 16.2 Å². The first-order valence-electron chi connectivity index (χ1n) is 22.2. The van der Waals surface area contributed by atoms with E-state index in [1.165, 1.54) is 120 Å². The van der Waals surface area contributed by atoms with Crippen LogP contribution in [0, 0.1) is 0 Å². The molecular weight excluding hydrogens is 768 g/mol. The molecule has 0 amide bonds. The predicted molar refractivity (Wildman–Crippen MR) is 269 cm³/mol. The molecule has 0 radical (unpaired) electrons. The average Bonchev–Trinajstić information content (AvgIpc) is 3.93. The van der Waals surface area contributed by atoms with Gasteiger partial charge in [0.05, 0.1) is 5.52 Å². The van der Waals surface area contributed by atoms with Gasteiger partial charge in [-0.2, -0.15) is 0 Å². The molecule has 0 unspecified atom stereocenters. The SMILES string of the molecule is CC(C)(C)c1ccc(Nc2cc3sc4ccccc4c3cc2-c2ccc3c4cc5c(cc4n4c3c2Bc2cc3c(cc2-4)C(C)(C)c2ccccc2-3)C(C)(C)c2ccccc2-5)cc1. The monoisotopic (exact) mass is 814 g/mol. The van der Waals surface area contributed by atoms with E-state index in [0.29, 0.717) is 0 Å². The summed E-state index contributed by atoms with van der Waals surface area (Å²) in [6.07, 6.45) is 0. The molecular formula is C58H47BN2S. The molecule has 2 aromatic heterocycles. The number of benzene rings is 8. The molecule has 0 atom stereocenters. The van der Waals surface area contributed by atoms with E-state index in [-0.39, 0.29) is 16.2 Å². The van der Waals surface area contributed by atoms with Crippen molar-refractivity contribution < 1.29 is 0 Å². The van der Waals surface area contributed by atoms with Crippen LogP contribution in [0.2, 0.25) is 0 Å². The Bertz CT molecular complexity index is 3610. The number of hydrogen-bond acceptors (Lipinski definition) is 2. The van der Waals surface area contributed by atoms with Gasteiger partial charge in [0.15, 0.2) is 7.28 Å². The highest BCUT2D eigenvalue weighted by atomic mass is 32.1. The fourth-order valence-corrected chi connectivity index (χ4v) is 12.8. The minimum atomic E-state index is -0.103. The van der Waals surface area contributed by atoms with Gasteiger partial charge in [-0.05, 0) is 115 Å². The molecule has 4 heteroatoms. The Morgan fingerprint density at radius 1 is 0.516 bits per heavy atom. The summed E-state index contributed by atoms with van der Waals surface area (Å²) >= 11 is 1.88. The molecule has 1 N–H and O–H groups in total. The first-order chi connectivity index (χ1) is 29.9. The number of fused-ring (bicyclic) bond motifs is 14. The highest BCUT2D eigenvalue weighted by Gasteiger charge is 2.40. The van der Waals surface area contributed by atoms with Crippen LogP contribution in [0.3, 0.4) is 0 Å². The third kappa shape index (κ3) is 4.82. The summed E-state index contributed by atoms with van der Waals surface area (Å²) in [5.41, 5.74) is 23.8. The molecule has 0 spiro atoms. The summed E-state index contributed by atoms with van der Waals surface area (Å²) in [5, 5.41) is 9.25. The molecule has 0 bridgehead atoms. The second-order valence-electron chi connectivity index (χ2n) is 20.2. The lowest BCUT2D eigenvalue weighted by molar-refractivity contribution is 0.590. The van der Waals surface area contributed by atoms with Crippen molar-refractivity contribution in [3.8, 4) is 39.1 Å². The zero-order chi connectivity index (χ0) is 42.0. The fourth-order valence-electron chi connectivity index (χ4n) is 11.7. The van der Waals surface area contributed by atoms with Crippen molar-refractivity contribution in [1.29, 1.82) is 0 Å². The van der Waals surface area contributed by atoms with Gasteiger partial charge in [0.2, 0.25) is 0 Å². The summed E-state index contributed by atoms with van der Waals surface area (Å²) in [6, 6.07) is 56.0. The molecule has 0 fully saturated rings. The second-order valence-corrected chi connectivity index (χ2v) is 21.3. The van der Waals surface area contributed by atoms with Crippen molar-refractivity contribution in [2.75, 3.05) is 5.32 Å². The number of thiophene rings is 1. The van der Waals surface area contributed by atoms with Crippen LogP contribution < -0.4 is 16.2 Å². The average molecular weight is 815 g/mol. The minimum Gasteiger partial charge on any atom is -0.355 e. The van der Waals surface area contributed by atoms with Crippen molar-refractivity contribution in [3.05, 3.63) is 173 Å². The van der Waals surface area contributed by atoms with Crippen molar-refractivity contribution in [2.24, 2.45) is 0 Å². The third-order valence-electron chi connectivity index (χ3n) is 15.0. The van der Waals surface area contributed by atoms with Crippen LogP contribution in [0.5, 0.6) is 0 Å². The van der Waals surface area contributed by atoms with Crippen molar-refractivity contribution in [2.45, 2.75) is 64.7 Å². The molecule has 0 saturated carbocycles. The molecule has 2 nitrogen and oxygen atoms in total. The molecule has 3 heterocycles. The Morgan fingerprint density at radius 3 is 1.89 bits per heavy atom. The lowest BCUT2D eigenvalue weighted by Crippen LogP contribution is -2.37. The van der Waals surface area contributed by atoms with Gasteiger partial charge >= 0.3 is 0 Å². The summed E-state index contributed by atoms with van der Waals surface area (Å²) < 4.78 is 5.28. The highest BCUT2D eigenvalue weighted by molar-refractivity contribution is 7.25. The molecule has 2 aliphatic carbocycles. The van der Waals surface area contributed by atoms with Crippen LogP contribution in [0.15, 0.2) is 146 Å². The summed E-state index contributed by atoms with van der Waals surface area (Å²) in [5.74, 6) is 0. The molecule has 13 rings (SSSR count). The van der Waals surface area contributed by atoms with Gasteiger partial charge in [-0.25, -0.2) is 0 Å². The Hall–Kier alpha value is -6.36. The van der Waals surface area contributed by atoms with Crippen LogP contribution in [0.1, 0.15) is 76.3 Å². The summed E-state index contributed by atoms with van der Waals surface area (Å²) in [6.45, 7) is 16.5. The maximum atomic E-state index is 3.97. The highest BCUT2D eigenvalue weighted by Crippen LogP contribution is 2.53. The standard InChI is InChI=1S/C58H47BN2S/c1-56(2,3)32-20-22-33(23-21-32)60-49-31-53-43(36-16-10-13-19-52(36)62-53)27-41(49)37-24-25-38-42-26-39-34-14-8-11-17-44(34)57(4,5)46(39)29-50(42)61-51-30-47-40(28-48(51)59-54(37)55(38)61)35-15-9-12-18-45(35)58(47,6)7/h8-31,59-60H,1-7H3. The Morgan fingerprint density at radius 2 is 1.16 bits per heavy atom. The van der Waals surface area contributed by atoms with E-state index in [9.17, 15) is 0 Å². The maximum absolute atomic E-state index is 3.97. The number of anilines is 2. The number of rotatable bonds is 3. The van der Waals surface area contributed by atoms with Gasteiger partial charge in [0.1, 0.15) is 0 Å². The van der Waals surface area contributed by atoms with Crippen LogP contribution in [-0.4, -0.2) is 11.8 Å². The smallest absolute Gasteiger partial charge is 0.198 e. The maximum Gasteiger partial charge on any atom is 0.198 e. The lowest BCUT2D eigenvalue weighted by atomic mass is 9.58. The lowest BCUT2D eigenvalue weighted by Gasteiger charge is -2.27. The van der Waals surface area contributed by atoms with Gasteiger partial charge in [-0.3, -0.25) is 0 Å². The zero-order valence-corrected chi connectivity index (χ0v) is 37.2. The predicted octanol–water partition coefficient (Wildman–Crippen LogP) is 14.2. The number of hydrogen-bond donors (Lipinski definition) is 1. The first kappa shape index (κ1) is 36.3. The fraction of sp³-hybridized carbons (Fsp3) is 0.172. The summed E-state index contributed by atoms with van der Waals surface area (Å²) in [7, 11) is 0.852. The number of nitrogens with one attached hydrogen (secondary N) is 1. The van der Waals surface area contributed by atoms with Crippen LogP contribution >= 0.6 is 11.3 Å². The molecule has 0 saturated heterocycles. The van der Waals surface area contributed by atoms with Gasteiger partial charge in [-0.1, -0.05) is 151 Å². The number of nitrogens with zero attached hydrogens (tertiary/aromatic N) is 1. The van der Waals surface area contributed by atoms with Gasteiger partial charge in [0, 0.05) is 69.9 Å². The topological polar surface area (TPSA) is 17.0 Å². The van der Waals surface area contributed by atoms with Crippen LogP contribution in [0.25, 0.3) is 81.0 Å². The second kappa shape index (κ2) is 12.2. The van der Waals surface area contributed by atoms with E-state index in [4.69, 9.17) is 0 Å². The van der Waals surface area contributed by atoms with E-state index in [1.54, 1.807) is 0 Å². The molecule has 3 aliphatic rings. The quantitative estimate of drug-likeness (QED) is 0.176. The van der Waals surface area contributed by atoms with E-state index in [2.05, 4.69) is 204 Å². The van der Waals surface area contributed by atoms with E-state index in [0.717, 1.165) is 18.7 Å². The molecule has 62 heavy (non-hydrogen) atoms. The first-order valence-corrected chi connectivity index (χ1v) is 23.0. The van der Waals surface area contributed by atoms with E-state index >= 15 is 0 Å². The normalized spacial score (nSPS) is 15.1. The van der Waals surface area contributed by atoms with E-state index in [1.807, 2.05) is 11.3 Å².